The summed E-state index contributed by atoms with van der Waals surface area (Å²) in [6.45, 7) is 2.35. The first kappa shape index (κ1) is 15.2. The number of thioether (sulfide) groups is 1. The fourth-order valence-electron chi connectivity index (χ4n) is 3.63. The summed E-state index contributed by atoms with van der Waals surface area (Å²) in [4.78, 5) is 4.72. The molecule has 5 heteroatoms. The predicted molar refractivity (Wildman–Crippen MR) is 89.2 cm³/mol. The zero-order valence-corrected chi connectivity index (χ0v) is 13.7. The Hall–Kier alpha value is -0.680. The molecule has 0 aromatic rings. The smallest absolute Gasteiger partial charge is 0.195 e. The van der Waals surface area contributed by atoms with E-state index in [-0.39, 0.29) is 0 Å². The van der Waals surface area contributed by atoms with Crippen molar-refractivity contribution in [2.24, 2.45) is 22.6 Å². The van der Waals surface area contributed by atoms with Gasteiger partial charge in [0.2, 0.25) is 0 Å². The number of nitrogens with two attached hydrogens (primary N) is 1. The second-order valence-corrected chi connectivity index (χ2v) is 7.84. The van der Waals surface area contributed by atoms with E-state index < -0.39 is 5.72 Å². The predicted octanol–water partition coefficient (Wildman–Crippen LogP) is 2.85. The summed E-state index contributed by atoms with van der Waals surface area (Å²) in [5, 5.41) is 2.98. The van der Waals surface area contributed by atoms with Crippen molar-refractivity contribution < 1.29 is 4.74 Å². The van der Waals surface area contributed by atoms with Crippen LogP contribution in [0.4, 0.5) is 0 Å². The van der Waals surface area contributed by atoms with Crippen LogP contribution in [0.2, 0.25) is 0 Å². The van der Waals surface area contributed by atoms with E-state index in [1.165, 1.54) is 37.2 Å². The Labute approximate surface area is 132 Å². The molecule has 1 saturated heterocycles. The molecule has 21 heavy (non-hydrogen) atoms. The minimum absolute atomic E-state index is 0.324. The third-order valence-corrected chi connectivity index (χ3v) is 6.02. The van der Waals surface area contributed by atoms with Crippen LogP contribution in [0.1, 0.15) is 45.4 Å². The Morgan fingerprint density at radius 1 is 1.24 bits per heavy atom. The summed E-state index contributed by atoms with van der Waals surface area (Å²) in [6, 6.07) is 0. The van der Waals surface area contributed by atoms with Gasteiger partial charge in [0.25, 0.3) is 0 Å². The summed E-state index contributed by atoms with van der Waals surface area (Å²) in [6.07, 6.45) is 11.5. The molecule has 2 fully saturated rings. The maximum atomic E-state index is 6.56. The quantitative estimate of drug-likeness (QED) is 0.841. The van der Waals surface area contributed by atoms with Crippen molar-refractivity contribution in [2.75, 3.05) is 11.5 Å². The molecule has 3 N–H and O–H groups in total. The first-order chi connectivity index (χ1) is 10.2. The molecule has 0 aromatic carbocycles. The average molecular weight is 309 g/mol. The van der Waals surface area contributed by atoms with Gasteiger partial charge in [-0.3, -0.25) is 0 Å². The summed E-state index contributed by atoms with van der Waals surface area (Å²) >= 11 is 2.03. The van der Waals surface area contributed by atoms with E-state index in [4.69, 9.17) is 15.5 Å². The van der Waals surface area contributed by atoms with Crippen molar-refractivity contribution in [3.63, 3.8) is 0 Å². The molecular formula is C16H27N3OS. The molecule has 0 aromatic heterocycles. The monoisotopic (exact) mass is 309 g/mol. The topological polar surface area (TPSA) is 59.6 Å². The Morgan fingerprint density at radius 3 is 2.62 bits per heavy atom. The molecule has 1 saturated carbocycles. The van der Waals surface area contributed by atoms with Crippen LogP contribution in [0, 0.1) is 11.8 Å². The Kier molecular flexibility index (Phi) is 4.79. The first-order valence-electron chi connectivity index (χ1n) is 8.23. The van der Waals surface area contributed by atoms with Crippen molar-refractivity contribution in [1.82, 2.24) is 5.32 Å². The van der Waals surface area contributed by atoms with E-state index >= 15 is 0 Å². The highest BCUT2D eigenvalue weighted by Gasteiger charge is 2.42. The van der Waals surface area contributed by atoms with Crippen LogP contribution in [0.15, 0.2) is 17.3 Å². The number of ether oxygens (including phenoxy) is 1. The second-order valence-electron chi connectivity index (χ2n) is 6.61. The van der Waals surface area contributed by atoms with Crippen LogP contribution < -0.4 is 11.1 Å². The van der Waals surface area contributed by atoms with Crippen molar-refractivity contribution >= 4 is 17.7 Å². The van der Waals surface area contributed by atoms with Gasteiger partial charge in [-0.1, -0.05) is 19.8 Å². The lowest BCUT2D eigenvalue weighted by Gasteiger charge is -2.42. The van der Waals surface area contributed by atoms with Crippen LogP contribution in [0.25, 0.3) is 0 Å². The van der Waals surface area contributed by atoms with Crippen molar-refractivity contribution in [3.8, 4) is 0 Å². The highest BCUT2D eigenvalue weighted by molar-refractivity contribution is 7.99. The van der Waals surface area contributed by atoms with Crippen LogP contribution in [0.3, 0.4) is 0 Å². The van der Waals surface area contributed by atoms with Gasteiger partial charge in [0.15, 0.2) is 11.7 Å². The fraction of sp³-hybridized carbons (Fsp3) is 0.812. The molecule has 1 aliphatic carbocycles. The lowest BCUT2D eigenvalue weighted by atomic mass is 9.77. The van der Waals surface area contributed by atoms with E-state index in [1.807, 2.05) is 18.0 Å². The van der Waals surface area contributed by atoms with Gasteiger partial charge in [-0.15, -0.1) is 0 Å². The van der Waals surface area contributed by atoms with Gasteiger partial charge >= 0.3 is 0 Å². The maximum Gasteiger partial charge on any atom is 0.195 e. The fourth-order valence-corrected chi connectivity index (χ4v) is 4.69. The van der Waals surface area contributed by atoms with Crippen molar-refractivity contribution in [3.05, 3.63) is 12.3 Å². The zero-order valence-electron chi connectivity index (χ0n) is 12.9. The molecule has 2 heterocycles. The number of hydrogen-bond acceptors (Lipinski definition) is 5. The number of hydrogen-bond donors (Lipinski definition) is 2. The lowest BCUT2D eigenvalue weighted by Crippen LogP contribution is -2.48. The molecule has 0 bridgehead atoms. The number of nitrogens with zero attached hydrogens (tertiary/aromatic N) is 1. The maximum absolute atomic E-state index is 6.56. The largest absolute Gasteiger partial charge is 0.370 e. The molecule has 4 nitrogen and oxygen atoms in total. The average Bonchev–Trinajstić information content (AvgIpc) is 2.49. The van der Waals surface area contributed by atoms with Gasteiger partial charge in [0, 0.05) is 12.1 Å². The minimum Gasteiger partial charge on any atom is -0.370 e. The standard InChI is InChI=1S/C16H27N3OS/c1-12-2-4-13(5-3-12)16(8-9-18-15(17)19-16)20-14-6-10-21-11-7-14/h8-9,12-14H,2-7,10-11H2,1H3,(H3,17,18,19). The van der Waals surface area contributed by atoms with Crippen LogP contribution >= 0.6 is 11.8 Å². The van der Waals surface area contributed by atoms with Crippen LogP contribution in [0.5, 0.6) is 0 Å². The molecular weight excluding hydrogens is 282 g/mol. The molecule has 1 unspecified atom stereocenters. The summed E-state index contributed by atoms with van der Waals surface area (Å²) < 4.78 is 6.56. The Morgan fingerprint density at radius 2 is 1.95 bits per heavy atom. The van der Waals surface area contributed by atoms with E-state index in [0.29, 0.717) is 18.0 Å². The van der Waals surface area contributed by atoms with E-state index in [1.54, 1.807) is 0 Å². The van der Waals surface area contributed by atoms with E-state index in [2.05, 4.69) is 18.3 Å². The summed E-state index contributed by atoms with van der Waals surface area (Å²) in [5.74, 6) is 4.17. The first-order valence-corrected chi connectivity index (χ1v) is 9.38. The lowest BCUT2D eigenvalue weighted by molar-refractivity contribution is -0.104. The minimum atomic E-state index is -0.526. The van der Waals surface area contributed by atoms with Crippen molar-refractivity contribution in [2.45, 2.75) is 57.3 Å². The normalized spacial score (nSPS) is 37.9. The molecule has 0 spiro atoms. The highest BCUT2D eigenvalue weighted by atomic mass is 32.2. The third-order valence-electron chi connectivity index (χ3n) is 4.97. The molecule has 118 valence electrons. The second kappa shape index (κ2) is 6.61. The van der Waals surface area contributed by atoms with Gasteiger partial charge in [0.1, 0.15) is 0 Å². The van der Waals surface area contributed by atoms with Gasteiger partial charge in [-0.05, 0) is 49.2 Å². The highest BCUT2D eigenvalue weighted by Crippen LogP contribution is 2.41. The number of guanidine groups is 1. The molecule has 2 aliphatic heterocycles. The zero-order chi connectivity index (χ0) is 14.7. The van der Waals surface area contributed by atoms with E-state index in [0.717, 1.165) is 18.8 Å². The van der Waals surface area contributed by atoms with Crippen LogP contribution in [-0.2, 0) is 4.74 Å². The molecule has 3 aliphatic rings. The number of nitrogens with one attached hydrogen (secondary N) is 1. The van der Waals surface area contributed by atoms with Gasteiger partial charge in [0.05, 0.1) is 6.10 Å². The third kappa shape index (κ3) is 3.57. The summed E-state index contributed by atoms with van der Waals surface area (Å²) in [5.41, 5.74) is 5.43. The Balaban J connectivity index is 1.77. The van der Waals surface area contributed by atoms with Gasteiger partial charge in [-0.2, -0.15) is 11.8 Å². The van der Waals surface area contributed by atoms with Crippen molar-refractivity contribution in [1.29, 1.82) is 0 Å². The Bertz CT molecular complexity index is 412. The van der Waals surface area contributed by atoms with Crippen LogP contribution in [-0.4, -0.2) is 29.3 Å². The van der Waals surface area contributed by atoms with E-state index in [9.17, 15) is 0 Å². The SMILES string of the molecule is CC1CCC(C2(OC3CCSCC3)C=CNC(N)=N2)CC1. The number of rotatable bonds is 3. The molecule has 0 amide bonds. The van der Waals surface area contributed by atoms with Gasteiger partial charge < -0.3 is 15.8 Å². The summed E-state index contributed by atoms with van der Waals surface area (Å²) in [7, 11) is 0. The molecule has 1 atom stereocenters. The molecule has 0 radical (unpaired) electrons. The molecule has 3 rings (SSSR count). The van der Waals surface area contributed by atoms with Gasteiger partial charge in [-0.25, -0.2) is 4.99 Å². The number of aliphatic imine (C=N–C) groups is 1.